The van der Waals surface area contributed by atoms with Gasteiger partial charge in [0.25, 0.3) is 0 Å². The Morgan fingerprint density at radius 2 is 1.64 bits per heavy atom. The second-order valence-electron chi connectivity index (χ2n) is 2.39. The molecule has 4 nitrogen and oxygen atoms in total. The van der Waals surface area contributed by atoms with Crippen LogP contribution in [0, 0.1) is 5.82 Å². The number of hydrogen-bond acceptors (Lipinski definition) is 2. The fourth-order valence-corrected chi connectivity index (χ4v) is 1.21. The van der Waals surface area contributed by atoms with Crippen molar-refractivity contribution in [3.63, 3.8) is 0 Å². The Bertz CT molecular complexity index is 377. The van der Waals surface area contributed by atoms with E-state index in [9.17, 15) is 14.0 Å². The maximum absolute atomic E-state index is 12.9. The molecular formula is C8H4ClFO4. The summed E-state index contributed by atoms with van der Waals surface area (Å²) in [6, 6.07) is 1.80. The number of halogens is 2. The van der Waals surface area contributed by atoms with Crippen LogP contribution in [0.1, 0.15) is 20.7 Å². The molecule has 74 valence electrons. The van der Waals surface area contributed by atoms with Gasteiger partial charge in [-0.25, -0.2) is 14.0 Å². The van der Waals surface area contributed by atoms with E-state index in [2.05, 4.69) is 0 Å². The van der Waals surface area contributed by atoms with E-state index in [1.807, 2.05) is 0 Å². The van der Waals surface area contributed by atoms with Crippen LogP contribution >= 0.6 is 11.6 Å². The van der Waals surface area contributed by atoms with Gasteiger partial charge in [-0.15, -0.1) is 0 Å². The highest BCUT2D eigenvalue weighted by atomic mass is 35.5. The minimum atomic E-state index is -1.66. The summed E-state index contributed by atoms with van der Waals surface area (Å²) >= 11 is 5.43. The maximum Gasteiger partial charge on any atom is 0.339 e. The van der Waals surface area contributed by atoms with Crippen molar-refractivity contribution in [2.45, 2.75) is 0 Å². The van der Waals surface area contributed by atoms with Crippen LogP contribution in [0.25, 0.3) is 0 Å². The highest BCUT2D eigenvalue weighted by Crippen LogP contribution is 2.22. The highest BCUT2D eigenvalue weighted by molar-refractivity contribution is 6.34. The third kappa shape index (κ3) is 1.67. The molecule has 0 fully saturated rings. The number of benzene rings is 1. The van der Waals surface area contributed by atoms with Crippen LogP contribution < -0.4 is 0 Å². The molecule has 2 N–H and O–H groups in total. The summed E-state index contributed by atoms with van der Waals surface area (Å²) in [5.41, 5.74) is -1.66. The van der Waals surface area contributed by atoms with E-state index < -0.39 is 28.9 Å². The van der Waals surface area contributed by atoms with Crippen molar-refractivity contribution in [1.82, 2.24) is 0 Å². The van der Waals surface area contributed by atoms with Crippen LogP contribution in [-0.2, 0) is 0 Å². The molecule has 1 aromatic rings. The quantitative estimate of drug-likeness (QED) is 0.795. The SMILES string of the molecule is O=C(O)c1c(F)ccc(Cl)c1C(=O)O. The predicted octanol–water partition coefficient (Wildman–Crippen LogP) is 1.88. The Kier molecular flexibility index (Phi) is 2.71. The summed E-state index contributed by atoms with van der Waals surface area (Å²) in [7, 11) is 0. The Hall–Kier alpha value is -1.62. The number of aromatic carboxylic acids is 2. The molecule has 0 atom stereocenters. The molecule has 0 bridgehead atoms. The van der Waals surface area contributed by atoms with Crippen molar-refractivity contribution < 1.29 is 24.2 Å². The highest BCUT2D eigenvalue weighted by Gasteiger charge is 2.23. The molecule has 0 spiro atoms. The van der Waals surface area contributed by atoms with Crippen molar-refractivity contribution in [1.29, 1.82) is 0 Å². The van der Waals surface area contributed by atoms with E-state index in [0.717, 1.165) is 12.1 Å². The first kappa shape index (κ1) is 10.5. The van der Waals surface area contributed by atoms with Gasteiger partial charge >= 0.3 is 11.9 Å². The molecule has 0 unspecified atom stereocenters. The van der Waals surface area contributed by atoms with Crippen LogP contribution in [0.4, 0.5) is 4.39 Å². The average Bonchev–Trinajstić information content (AvgIpc) is 2.07. The van der Waals surface area contributed by atoms with Gasteiger partial charge in [0.2, 0.25) is 0 Å². The monoisotopic (exact) mass is 218 g/mol. The summed E-state index contributed by atoms with van der Waals surface area (Å²) in [4.78, 5) is 21.1. The molecule has 0 radical (unpaired) electrons. The lowest BCUT2D eigenvalue weighted by atomic mass is 10.1. The average molecular weight is 219 g/mol. The summed E-state index contributed by atoms with van der Waals surface area (Å²) < 4.78 is 12.9. The summed E-state index contributed by atoms with van der Waals surface area (Å²) in [6.07, 6.45) is 0. The predicted molar refractivity (Wildman–Crippen MR) is 45.3 cm³/mol. The first-order valence-electron chi connectivity index (χ1n) is 3.39. The normalized spacial score (nSPS) is 9.86. The molecule has 14 heavy (non-hydrogen) atoms. The molecule has 0 saturated carbocycles. The smallest absolute Gasteiger partial charge is 0.339 e. The topological polar surface area (TPSA) is 74.6 Å². The van der Waals surface area contributed by atoms with Gasteiger partial charge in [0.1, 0.15) is 11.4 Å². The minimum absolute atomic E-state index is 0.309. The molecule has 1 rings (SSSR count). The maximum atomic E-state index is 12.9. The zero-order valence-electron chi connectivity index (χ0n) is 6.62. The van der Waals surface area contributed by atoms with Crippen LogP contribution in [0.15, 0.2) is 12.1 Å². The molecule has 0 aliphatic rings. The Balaban J connectivity index is 3.58. The second kappa shape index (κ2) is 3.63. The number of carboxylic acid groups (broad SMARTS) is 2. The number of carboxylic acids is 2. The zero-order chi connectivity index (χ0) is 10.9. The summed E-state index contributed by atoms with van der Waals surface area (Å²) in [5, 5.41) is 16.9. The molecule has 0 heterocycles. The molecule has 0 aromatic heterocycles. The van der Waals surface area contributed by atoms with Gasteiger partial charge in [0.05, 0.1) is 10.6 Å². The minimum Gasteiger partial charge on any atom is -0.478 e. The van der Waals surface area contributed by atoms with E-state index in [0.29, 0.717) is 0 Å². The van der Waals surface area contributed by atoms with Crippen molar-refractivity contribution in [3.8, 4) is 0 Å². The van der Waals surface area contributed by atoms with Crippen LogP contribution in [0.3, 0.4) is 0 Å². The van der Waals surface area contributed by atoms with Crippen LogP contribution in [0.5, 0.6) is 0 Å². The van der Waals surface area contributed by atoms with Crippen LogP contribution in [-0.4, -0.2) is 22.2 Å². The number of hydrogen-bond donors (Lipinski definition) is 2. The molecule has 0 aliphatic heterocycles. The van der Waals surface area contributed by atoms with E-state index in [1.165, 1.54) is 0 Å². The summed E-state index contributed by atoms with van der Waals surface area (Å²) in [5.74, 6) is -4.37. The van der Waals surface area contributed by atoms with E-state index in [1.54, 1.807) is 0 Å². The van der Waals surface area contributed by atoms with Gasteiger partial charge in [-0.3, -0.25) is 0 Å². The number of rotatable bonds is 2. The molecular weight excluding hydrogens is 215 g/mol. The Morgan fingerprint density at radius 1 is 1.14 bits per heavy atom. The van der Waals surface area contributed by atoms with E-state index >= 15 is 0 Å². The van der Waals surface area contributed by atoms with E-state index in [4.69, 9.17) is 21.8 Å². The lowest BCUT2D eigenvalue weighted by Gasteiger charge is -2.04. The van der Waals surface area contributed by atoms with Gasteiger partial charge in [-0.1, -0.05) is 11.6 Å². The third-order valence-electron chi connectivity index (χ3n) is 1.53. The first-order valence-corrected chi connectivity index (χ1v) is 3.77. The van der Waals surface area contributed by atoms with Crippen LogP contribution in [0.2, 0.25) is 5.02 Å². The van der Waals surface area contributed by atoms with Gasteiger partial charge in [-0.2, -0.15) is 0 Å². The van der Waals surface area contributed by atoms with Crippen molar-refractivity contribution in [3.05, 3.63) is 34.1 Å². The molecule has 0 saturated heterocycles. The lowest BCUT2D eigenvalue weighted by molar-refractivity contribution is 0.0647. The zero-order valence-corrected chi connectivity index (χ0v) is 7.38. The molecule has 1 aromatic carbocycles. The first-order chi connectivity index (χ1) is 6.45. The third-order valence-corrected chi connectivity index (χ3v) is 1.85. The molecule has 6 heteroatoms. The lowest BCUT2D eigenvalue weighted by Crippen LogP contribution is -2.11. The number of carbonyl (C=O) groups is 2. The van der Waals surface area contributed by atoms with E-state index in [-0.39, 0.29) is 5.02 Å². The molecule has 0 amide bonds. The van der Waals surface area contributed by atoms with Gasteiger partial charge in [0.15, 0.2) is 0 Å². The van der Waals surface area contributed by atoms with Crippen molar-refractivity contribution in [2.75, 3.05) is 0 Å². The van der Waals surface area contributed by atoms with Gasteiger partial charge < -0.3 is 10.2 Å². The summed E-state index contributed by atoms with van der Waals surface area (Å²) in [6.45, 7) is 0. The van der Waals surface area contributed by atoms with Gasteiger partial charge in [-0.05, 0) is 12.1 Å². The fourth-order valence-electron chi connectivity index (χ4n) is 0.970. The Labute approximate surface area is 82.5 Å². The van der Waals surface area contributed by atoms with Gasteiger partial charge in [0, 0.05) is 0 Å². The molecule has 0 aliphatic carbocycles. The second-order valence-corrected chi connectivity index (χ2v) is 2.80. The fraction of sp³-hybridized carbons (Fsp3) is 0. The standard InChI is InChI=1S/C8H4ClFO4/c9-3-1-2-4(10)6(8(13)14)5(3)7(11)12/h1-2H,(H,11,12)(H,13,14). The van der Waals surface area contributed by atoms with Crippen molar-refractivity contribution in [2.24, 2.45) is 0 Å². The Morgan fingerprint density at radius 3 is 2.00 bits per heavy atom. The largest absolute Gasteiger partial charge is 0.478 e. The van der Waals surface area contributed by atoms with Crippen molar-refractivity contribution >= 4 is 23.5 Å².